The maximum Gasteiger partial charge on any atom is 0.0700 e. The lowest BCUT2D eigenvalue weighted by Crippen LogP contribution is -2.55. The monoisotopic (exact) mass is 216 g/mol. The molecule has 1 heterocycles. The van der Waals surface area contributed by atoms with Crippen LogP contribution in [0.1, 0.15) is 26.7 Å². The zero-order valence-electron chi connectivity index (χ0n) is 9.85. The summed E-state index contributed by atoms with van der Waals surface area (Å²) in [5.74, 6) is 0. The fourth-order valence-electron chi connectivity index (χ4n) is 2.08. The van der Waals surface area contributed by atoms with Gasteiger partial charge in [-0.25, -0.2) is 0 Å². The molecule has 90 valence electrons. The van der Waals surface area contributed by atoms with E-state index in [0.717, 1.165) is 32.5 Å². The Balaban J connectivity index is 2.51. The second-order valence-electron chi connectivity index (χ2n) is 4.22. The third kappa shape index (κ3) is 3.41. The molecule has 0 aromatic heterocycles. The summed E-state index contributed by atoms with van der Waals surface area (Å²) in [6.07, 6.45) is 2.23. The molecule has 1 rings (SSSR count). The number of morpholine rings is 1. The van der Waals surface area contributed by atoms with Crippen LogP contribution in [-0.4, -0.2) is 54.5 Å². The predicted octanol–water partition coefficient (Wildman–Crippen LogP) is 0.195. The first kappa shape index (κ1) is 12.9. The first-order chi connectivity index (χ1) is 7.22. The van der Waals surface area contributed by atoms with Gasteiger partial charge in [-0.05, 0) is 12.8 Å². The van der Waals surface area contributed by atoms with Gasteiger partial charge in [-0.1, -0.05) is 13.8 Å². The summed E-state index contributed by atoms with van der Waals surface area (Å²) in [4.78, 5) is 2.27. The number of hydrogen-bond donors (Lipinski definition) is 2. The summed E-state index contributed by atoms with van der Waals surface area (Å²) in [6, 6.07) is 0.151. The molecular weight excluding hydrogens is 192 g/mol. The summed E-state index contributed by atoms with van der Waals surface area (Å²) in [7, 11) is 0. The molecule has 0 spiro atoms. The number of rotatable bonds is 5. The van der Waals surface area contributed by atoms with Crippen molar-refractivity contribution < 1.29 is 9.84 Å². The molecule has 4 nitrogen and oxygen atoms in total. The highest BCUT2D eigenvalue weighted by Gasteiger charge is 2.28. The van der Waals surface area contributed by atoms with Crippen molar-refractivity contribution in [1.29, 1.82) is 0 Å². The highest BCUT2D eigenvalue weighted by Crippen LogP contribution is 2.13. The van der Waals surface area contributed by atoms with Gasteiger partial charge in [-0.15, -0.1) is 0 Å². The van der Waals surface area contributed by atoms with Gasteiger partial charge in [-0.3, -0.25) is 4.90 Å². The quantitative estimate of drug-likeness (QED) is 0.689. The van der Waals surface area contributed by atoms with Crippen molar-refractivity contribution in [3.63, 3.8) is 0 Å². The molecule has 1 fully saturated rings. The molecular formula is C11H24N2O2. The number of nitrogens with two attached hydrogens (primary N) is 1. The summed E-state index contributed by atoms with van der Waals surface area (Å²) >= 11 is 0. The summed E-state index contributed by atoms with van der Waals surface area (Å²) in [6.45, 7) is 6.87. The van der Waals surface area contributed by atoms with E-state index >= 15 is 0 Å². The zero-order chi connectivity index (χ0) is 11.3. The summed E-state index contributed by atoms with van der Waals surface area (Å²) in [5.41, 5.74) is 6.00. The van der Waals surface area contributed by atoms with E-state index in [0.29, 0.717) is 6.10 Å². The van der Waals surface area contributed by atoms with Crippen molar-refractivity contribution in [2.45, 2.75) is 44.9 Å². The van der Waals surface area contributed by atoms with E-state index in [1.807, 2.05) is 0 Å². The first-order valence-corrected chi connectivity index (χ1v) is 5.95. The lowest BCUT2D eigenvalue weighted by atomic mass is 10.0. The molecule has 0 aromatic carbocycles. The van der Waals surface area contributed by atoms with Crippen LogP contribution in [0.2, 0.25) is 0 Å². The second kappa shape index (κ2) is 6.43. The van der Waals surface area contributed by atoms with Crippen molar-refractivity contribution >= 4 is 0 Å². The normalized spacial score (nSPS) is 27.6. The van der Waals surface area contributed by atoms with Gasteiger partial charge in [0.25, 0.3) is 0 Å². The Morgan fingerprint density at radius 1 is 1.53 bits per heavy atom. The van der Waals surface area contributed by atoms with Gasteiger partial charge < -0.3 is 15.6 Å². The summed E-state index contributed by atoms with van der Waals surface area (Å²) < 4.78 is 5.60. The Morgan fingerprint density at radius 2 is 2.27 bits per heavy atom. The first-order valence-electron chi connectivity index (χ1n) is 5.95. The number of hydrogen-bond acceptors (Lipinski definition) is 4. The lowest BCUT2D eigenvalue weighted by Gasteiger charge is -2.39. The van der Waals surface area contributed by atoms with E-state index in [4.69, 9.17) is 10.5 Å². The molecule has 1 aliphatic heterocycles. The van der Waals surface area contributed by atoms with Gasteiger partial charge in [0.1, 0.15) is 0 Å². The number of aliphatic hydroxyl groups excluding tert-OH is 1. The van der Waals surface area contributed by atoms with Crippen molar-refractivity contribution in [3.8, 4) is 0 Å². The molecule has 3 unspecified atom stereocenters. The van der Waals surface area contributed by atoms with Crippen LogP contribution in [0, 0.1) is 0 Å². The van der Waals surface area contributed by atoms with Gasteiger partial charge in [0.05, 0.1) is 19.3 Å². The Morgan fingerprint density at radius 3 is 2.80 bits per heavy atom. The third-order valence-electron chi connectivity index (χ3n) is 3.25. The van der Waals surface area contributed by atoms with Crippen molar-refractivity contribution in [2.75, 3.05) is 26.3 Å². The largest absolute Gasteiger partial charge is 0.395 e. The Labute approximate surface area is 92.4 Å². The Bertz CT molecular complexity index is 178. The molecule has 4 heteroatoms. The minimum Gasteiger partial charge on any atom is -0.395 e. The van der Waals surface area contributed by atoms with Crippen LogP contribution >= 0.6 is 0 Å². The van der Waals surface area contributed by atoms with Gasteiger partial charge in [0.2, 0.25) is 0 Å². The number of nitrogens with zero attached hydrogens (tertiary/aromatic N) is 1. The number of aliphatic hydroxyl groups is 1. The molecule has 0 aliphatic carbocycles. The second-order valence-corrected chi connectivity index (χ2v) is 4.22. The molecule has 3 atom stereocenters. The van der Waals surface area contributed by atoms with Crippen molar-refractivity contribution in [2.24, 2.45) is 5.73 Å². The minimum atomic E-state index is 0.0607. The minimum absolute atomic E-state index is 0.0607. The molecule has 0 saturated carbocycles. The van der Waals surface area contributed by atoms with Crippen LogP contribution in [-0.2, 0) is 4.74 Å². The van der Waals surface area contributed by atoms with Gasteiger partial charge in [0.15, 0.2) is 0 Å². The fourth-order valence-corrected chi connectivity index (χ4v) is 2.08. The molecule has 0 amide bonds. The van der Waals surface area contributed by atoms with E-state index in [1.54, 1.807) is 0 Å². The van der Waals surface area contributed by atoms with Crippen LogP contribution in [0.15, 0.2) is 0 Å². The van der Waals surface area contributed by atoms with Gasteiger partial charge in [0, 0.05) is 25.2 Å². The van der Waals surface area contributed by atoms with Crippen LogP contribution in [0.3, 0.4) is 0 Å². The van der Waals surface area contributed by atoms with E-state index in [-0.39, 0.29) is 18.7 Å². The van der Waals surface area contributed by atoms with E-state index in [9.17, 15) is 5.11 Å². The maximum atomic E-state index is 9.38. The van der Waals surface area contributed by atoms with Crippen LogP contribution in [0.5, 0.6) is 0 Å². The predicted molar refractivity (Wildman–Crippen MR) is 60.7 cm³/mol. The van der Waals surface area contributed by atoms with Crippen LogP contribution < -0.4 is 5.73 Å². The van der Waals surface area contributed by atoms with Crippen molar-refractivity contribution in [1.82, 2.24) is 4.90 Å². The van der Waals surface area contributed by atoms with Gasteiger partial charge in [-0.2, -0.15) is 0 Å². The highest BCUT2D eigenvalue weighted by molar-refractivity contribution is 4.84. The van der Waals surface area contributed by atoms with E-state index in [1.165, 1.54) is 0 Å². The number of ether oxygens (including phenoxy) is 1. The molecule has 15 heavy (non-hydrogen) atoms. The average molecular weight is 216 g/mol. The van der Waals surface area contributed by atoms with Crippen LogP contribution in [0.4, 0.5) is 0 Å². The summed E-state index contributed by atoms with van der Waals surface area (Å²) in [5, 5.41) is 9.38. The third-order valence-corrected chi connectivity index (χ3v) is 3.25. The highest BCUT2D eigenvalue weighted by atomic mass is 16.5. The standard InChI is InChI=1S/C11H24N2O2/c1-3-9-7-13(5-6-15-9)11(8-14)10(12)4-2/h9-11,14H,3-8,12H2,1-2H3. The van der Waals surface area contributed by atoms with Crippen molar-refractivity contribution in [3.05, 3.63) is 0 Å². The maximum absolute atomic E-state index is 9.38. The lowest BCUT2D eigenvalue weighted by molar-refractivity contribution is -0.0557. The molecule has 0 radical (unpaired) electrons. The van der Waals surface area contributed by atoms with Crippen LogP contribution in [0.25, 0.3) is 0 Å². The molecule has 0 aromatic rings. The average Bonchev–Trinajstić information content (AvgIpc) is 2.30. The molecule has 1 aliphatic rings. The van der Waals surface area contributed by atoms with E-state index < -0.39 is 0 Å². The SMILES string of the molecule is CCC1CN(C(CO)C(N)CC)CCO1. The fraction of sp³-hybridized carbons (Fsp3) is 1.00. The molecule has 3 N–H and O–H groups in total. The molecule has 1 saturated heterocycles. The Hall–Kier alpha value is -0.160. The topological polar surface area (TPSA) is 58.7 Å². The van der Waals surface area contributed by atoms with Gasteiger partial charge >= 0.3 is 0 Å². The zero-order valence-corrected chi connectivity index (χ0v) is 9.85. The molecule has 0 bridgehead atoms. The van der Waals surface area contributed by atoms with E-state index in [2.05, 4.69) is 18.7 Å². The Kier molecular flexibility index (Phi) is 5.53. The smallest absolute Gasteiger partial charge is 0.0700 e.